The van der Waals surface area contributed by atoms with Crippen LogP contribution in [0.3, 0.4) is 0 Å². The molecule has 5 heteroatoms. The molecule has 1 aromatic carbocycles. The van der Waals surface area contributed by atoms with Crippen LogP contribution in [-0.2, 0) is 0 Å². The van der Waals surface area contributed by atoms with Crippen LogP contribution in [0.15, 0.2) is 21.7 Å². The van der Waals surface area contributed by atoms with Crippen LogP contribution < -0.4 is 16.0 Å². The summed E-state index contributed by atoms with van der Waals surface area (Å²) in [6, 6.07) is 3.96. The molecule has 1 aliphatic heterocycles. The molecule has 0 bridgehead atoms. The van der Waals surface area contributed by atoms with Crippen molar-refractivity contribution < 1.29 is 4.74 Å². The number of ether oxygens (including phenoxy) is 1. The summed E-state index contributed by atoms with van der Waals surface area (Å²) in [4.78, 5) is 28.0. The SMILES string of the molecule is Cc1cc2c(cc1C)C(C)c1c([nH]c(=O)[nH]c1=O)O2. The van der Waals surface area contributed by atoms with Gasteiger partial charge in [0, 0.05) is 11.5 Å². The van der Waals surface area contributed by atoms with Crippen molar-refractivity contribution in [3.8, 4) is 11.6 Å². The van der Waals surface area contributed by atoms with E-state index in [9.17, 15) is 9.59 Å². The molecule has 1 aliphatic rings. The molecule has 2 aromatic rings. The molecule has 0 saturated carbocycles. The molecule has 0 spiro atoms. The van der Waals surface area contributed by atoms with Crippen LogP contribution in [0.4, 0.5) is 0 Å². The zero-order chi connectivity index (χ0) is 13.7. The van der Waals surface area contributed by atoms with E-state index < -0.39 is 11.2 Å². The van der Waals surface area contributed by atoms with Gasteiger partial charge in [-0.15, -0.1) is 0 Å². The molecule has 0 fully saturated rings. The van der Waals surface area contributed by atoms with Crippen LogP contribution in [0.25, 0.3) is 0 Å². The van der Waals surface area contributed by atoms with Crippen LogP contribution in [-0.4, -0.2) is 9.97 Å². The Hall–Kier alpha value is -2.30. The third-order valence-corrected chi connectivity index (χ3v) is 3.68. The minimum atomic E-state index is -0.553. The van der Waals surface area contributed by atoms with Gasteiger partial charge < -0.3 is 4.74 Å². The van der Waals surface area contributed by atoms with Gasteiger partial charge in [0.25, 0.3) is 5.56 Å². The number of fused-ring (bicyclic) bond motifs is 2. The average molecular weight is 258 g/mol. The maximum atomic E-state index is 11.9. The lowest BCUT2D eigenvalue weighted by Gasteiger charge is -2.25. The zero-order valence-corrected chi connectivity index (χ0v) is 11.0. The first-order valence-electron chi connectivity index (χ1n) is 6.13. The van der Waals surface area contributed by atoms with Crippen molar-refractivity contribution in [1.82, 2.24) is 9.97 Å². The Morgan fingerprint density at radius 3 is 2.53 bits per heavy atom. The molecule has 98 valence electrons. The fraction of sp³-hybridized carbons (Fsp3) is 0.286. The monoisotopic (exact) mass is 258 g/mol. The van der Waals surface area contributed by atoms with E-state index in [1.807, 2.05) is 32.9 Å². The van der Waals surface area contributed by atoms with E-state index in [4.69, 9.17) is 4.74 Å². The molecular formula is C14H14N2O3. The van der Waals surface area contributed by atoms with Gasteiger partial charge in [-0.25, -0.2) is 4.79 Å². The fourth-order valence-electron chi connectivity index (χ4n) is 2.45. The number of aromatic nitrogens is 2. The Labute approximate surface area is 109 Å². The van der Waals surface area contributed by atoms with Crippen molar-refractivity contribution in [1.29, 1.82) is 0 Å². The molecule has 2 N–H and O–H groups in total. The summed E-state index contributed by atoms with van der Waals surface area (Å²) in [5, 5.41) is 0. The number of aryl methyl sites for hydroxylation is 2. The Morgan fingerprint density at radius 2 is 1.79 bits per heavy atom. The quantitative estimate of drug-likeness (QED) is 0.758. The predicted molar refractivity (Wildman–Crippen MR) is 71.2 cm³/mol. The van der Waals surface area contributed by atoms with E-state index >= 15 is 0 Å². The molecular weight excluding hydrogens is 244 g/mol. The second kappa shape index (κ2) is 3.85. The van der Waals surface area contributed by atoms with Crippen molar-refractivity contribution in [2.24, 2.45) is 0 Å². The van der Waals surface area contributed by atoms with Crippen LogP contribution in [0.5, 0.6) is 11.6 Å². The van der Waals surface area contributed by atoms with Crippen LogP contribution in [0, 0.1) is 13.8 Å². The number of rotatable bonds is 0. The number of H-pyrrole nitrogens is 2. The van der Waals surface area contributed by atoms with E-state index in [2.05, 4.69) is 9.97 Å². The standard InChI is InChI=1S/C14H14N2O3/c1-6-4-9-8(3)11-12(17)15-14(18)16-13(11)19-10(9)5-7(6)2/h4-5,8H,1-3H3,(H2,15,16,17,18). The Bertz CT molecular complexity index is 786. The van der Waals surface area contributed by atoms with Crippen molar-refractivity contribution >= 4 is 0 Å². The molecule has 1 atom stereocenters. The van der Waals surface area contributed by atoms with Gasteiger partial charge in [-0.05, 0) is 31.0 Å². The normalized spacial score (nSPS) is 16.5. The summed E-state index contributed by atoms with van der Waals surface area (Å²) in [5.74, 6) is 0.833. The van der Waals surface area contributed by atoms with Crippen LogP contribution in [0.2, 0.25) is 0 Å². The zero-order valence-electron chi connectivity index (χ0n) is 11.0. The number of hydrogen-bond donors (Lipinski definition) is 2. The molecule has 2 heterocycles. The molecule has 5 nitrogen and oxygen atoms in total. The molecule has 0 amide bonds. The summed E-state index contributed by atoms with van der Waals surface area (Å²) < 4.78 is 5.67. The van der Waals surface area contributed by atoms with Crippen molar-refractivity contribution in [2.45, 2.75) is 26.7 Å². The molecule has 1 aromatic heterocycles. The Morgan fingerprint density at radius 1 is 1.11 bits per heavy atom. The Balaban J connectivity index is 2.28. The molecule has 0 saturated heterocycles. The lowest BCUT2D eigenvalue weighted by atomic mass is 9.89. The number of hydrogen-bond acceptors (Lipinski definition) is 3. The second-order valence-electron chi connectivity index (χ2n) is 4.95. The third kappa shape index (κ3) is 1.69. The van der Waals surface area contributed by atoms with E-state index in [1.165, 1.54) is 0 Å². The van der Waals surface area contributed by atoms with Crippen LogP contribution in [0.1, 0.15) is 35.1 Å². The van der Waals surface area contributed by atoms with E-state index in [-0.39, 0.29) is 11.8 Å². The van der Waals surface area contributed by atoms with Gasteiger partial charge in [0.15, 0.2) is 0 Å². The van der Waals surface area contributed by atoms with Gasteiger partial charge >= 0.3 is 5.69 Å². The first-order valence-corrected chi connectivity index (χ1v) is 6.13. The number of nitrogens with one attached hydrogen (secondary N) is 2. The minimum Gasteiger partial charge on any atom is -0.440 e. The number of benzene rings is 1. The van der Waals surface area contributed by atoms with Gasteiger partial charge in [-0.1, -0.05) is 13.0 Å². The number of aromatic amines is 2. The average Bonchev–Trinajstić information content (AvgIpc) is 2.31. The summed E-state index contributed by atoms with van der Waals surface area (Å²) in [6.07, 6.45) is 0. The summed E-state index contributed by atoms with van der Waals surface area (Å²) in [6.45, 7) is 5.96. The predicted octanol–water partition coefficient (Wildman–Crippen LogP) is 1.94. The van der Waals surface area contributed by atoms with Crippen molar-refractivity contribution in [2.75, 3.05) is 0 Å². The molecule has 0 aliphatic carbocycles. The maximum absolute atomic E-state index is 11.9. The smallest absolute Gasteiger partial charge is 0.328 e. The Kier molecular flexibility index (Phi) is 2.38. The summed E-state index contributed by atoms with van der Waals surface area (Å²) in [7, 11) is 0. The first-order chi connectivity index (χ1) is 8.97. The molecule has 1 unspecified atom stereocenters. The highest BCUT2D eigenvalue weighted by atomic mass is 16.5. The fourth-order valence-corrected chi connectivity index (χ4v) is 2.45. The lowest BCUT2D eigenvalue weighted by Crippen LogP contribution is -2.29. The molecule has 19 heavy (non-hydrogen) atoms. The van der Waals surface area contributed by atoms with Gasteiger partial charge in [-0.3, -0.25) is 14.8 Å². The highest BCUT2D eigenvalue weighted by Gasteiger charge is 2.28. The van der Waals surface area contributed by atoms with Crippen molar-refractivity contribution in [3.63, 3.8) is 0 Å². The minimum absolute atomic E-state index is 0.112. The van der Waals surface area contributed by atoms with Gasteiger partial charge in [0.05, 0.1) is 5.56 Å². The lowest BCUT2D eigenvalue weighted by molar-refractivity contribution is 0.424. The van der Waals surface area contributed by atoms with E-state index in [0.29, 0.717) is 11.3 Å². The van der Waals surface area contributed by atoms with E-state index in [0.717, 1.165) is 16.7 Å². The highest BCUT2D eigenvalue weighted by molar-refractivity contribution is 5.52. The van der Waals surface area contributed by atoms with Crippen LogP contribution >= 0.6 is 0 Å². The van der Waals surface area contributed by atoms with Gasteiger partial charge in [0.1, 0.15) is 5.75 Å². The molecule has 0 radical (unpaired) electrons. The van der Waals surface area contributed by atoms with Crippen molar-refractivity contribution in [3.05, 3.63) is 55.2 Å². The largest absolute Gasteiger partial charge is 0.440 e. The third-order valence-electron chi connectivity index (χ3n) is 3.68. The van der Waals surface area contributed by atoms with Gasteiger partial charge in [-0.2, -0.15) is 0 Å². The molecule has 3 rings (SSSR count). The highest BCUT2D eigenvalue weighted by Crippen LogP contribution is 2.41. The van der Waals surface area contributed by atoms with Gasteiger partial charge in [0.2, 0.25) is 5.88 Å². The maximum Gasteiger partial charge on any atom is 0.328 e. The first kappa shape index (κ1) is 11.8. The van der Waals surface area contributed by atoms with E-state index in [1.54, 1.807) is 0 Å². The summed E-state index contributed by atoms with van der Waals surface area (Å²) in [5.41, 5.74) is 2.75. The topological polar surface area (TPSA) is 75.0 Å². The summed E-state index contributed by atoms with van der Waals surface area (Å²) >= 11 is 0. The second-order valence-corrected chi connectivity index (χ2v) is 4.95.